The van der Waals surface area contributed by atoms with E-state index >= 15 is 0 Å². The van der Waals surface area contributed by atoms with E-state index in [-0.39, 0.29) is 0 Å². The third-order valence-electron chi connectivity index (χ3n) is 1.39. The summed E-state index contributed by atoms with van der Waals surface area (Å²) in [4.78, 5) is 1.16. The molecule has 0 saturated heterocycles. The molecule has 0 bridgehead atoms. The topological polar surface area (TPSA) is 29.5 Å². The van der Waals surface area contributed by atoms with E-state index in [0.29, 0.717) is 5.75 Å². The van der Waals surface area contributed by atoms with Crippen LogP contribution in [0, 0.1) is 0 Å². The minimum atomic E-state index is 0.311. The van der Waals surface area contributed by atoms with Gasteiger partial charge in [-0.15, -0.1) is 11.8 Å². The van der Waals surface area contributed by atoms with Crippen LogP contribution in [0.5, 0.6) is 5.75 Å². The molecule has 1 N–H and O–H groups in total. The van der Waals surface area contributed by atoms with Gasteiger partial charge in [0, 0.05) is 17.8 Å². The highest BCUT2D eigenvalue weighted by atomic mass is 32.2. The second kappa shape index (κ2) is 5.06. The first-order valence-corrected chi connectivity index (χ1v) is 4.72. The third-order valence-corrected chi connectivity index (χ3v) is 2.37. The number of hydrogen-bond donors (Lipinski definition) is 1. The number of aromatic hydroxyl groups is 1. The van der Waals surface area contributed by atoms with E-state index in [1.54, 1.807) is 31.0 Å². The van der Waals surface area contributed by atoms with E-state index < -0.39 is 0 Å². The Morgan fingerprint density at radius 2 is 2.00 bits per heavy atom. The molecule has 0 heterocycles. The van der Waals surface area contributed by atoms with Gasteiger partial charge in [-0.25, -0.2) is 0 Å². The fraction of sp³-hybridized carbons (Fsp3) is 0.333. The van der Waals surface area contributed by atoms with Crippen molar-refractivity contribution in [3.63, 3.8) is 0 Å². The summed E-state index contributed by atoms with van der Waals surface area (Å²) in [6.07, 6.45) is 0. The zero-order chi connectivity index (χ0) is 8.81. The molecule has 0 atom stereocenters. The molecule has 1 aromatic rings. The van der Waals surface area contributed by atoms with Crippen molar-refractivity contribution in [1.82, 2.24) is 0 Å². The summed E-state index contributed by atoms with van der Waals surface area (Å²) < 4.78 is 4.92. The standard InChI is InChI=1S/C9H12O2S/c1-11-6-7-12-9-4-2-8(10)3-5-9/h2-5,10H,6-7H2,1H3. The van der Waals surface area contributed by atoms with Crippen LogP contribution in [0.3, 0.4) is 0 Å². The van der Waals surface area contributed by atoms with Crippen LogP contribution in [0.1, 0.15) is 0 Å². The molecule has 0 aliphatic heterocycles. The quantitative estimate of drug-likeness (QED) is 0.574. The first kappa shape index (κ1) is 9.42. The highest BCUT2D eigenvalue weighted by molar-refractivity contribution is 7.99. The number of ether oxygens (including phenoxy) is 1. The van der Waals surface area contributed by atoms with E-state index in [0.717, 1.165) is 17.3 Å². The number of methoxy groups -OCH3 is 1. The van der Waals surface area contributed by atoms with E-state index in [4.69, 9.17) is 9.84 Å². The summed E-state index contributed by atoms with van der Waals surface area (Å²) in [7, 11) is 1.69. The minimum absolute atomic E-state index is 0.311. The number of rotatable bonds is 4. The van der Waals surface area contributed by atoms with Crippen LogP contribution in [0.2, 0.25) is 0 Å². The van der Waals surface area contributed by atoms with Gasteiger partial charge >= 0.3 is 0 Å². The Bertz CT molecular complexity index is 220. The Hall–Kier alpha value is -0.670. The van der Waals surface area contributed by atoms with Crippen molar-refractivity contribution in [2.75, 3.05) is 19.5 Å². The molecule has 3 heteroatoms. The molecule has 66 valence electrons. The lowest BCUT2D eigenvalue weighted by Gasteiger charge is -2.00. The predicted octanol–water partition coefficient (Wildman–Crippen LogP) is 2.13. The molecular formula is C9H12O2S. The van der Waals surface area contributed by atoms with Gasteiger partial charge < -0.3 is 9.84 Å². The Morgan fingerprint density at radius 1 is 1.33 bits per heavy atom. The summed E-state index contributed by atoms with van der Waals surface area (Å²) in [5, 5.41) is 8.99. The van der Waals surface area contributed by atoms with Crippen molar-refractivity contribution >= 4 is 11.8 Å². The van der Waals surface area contributed by atoms with Crippen molar-refractivity contribution in [3.05, 3.63) is 24.3 Å². The van der Waals surface area contributed by atoms with Crippen molar-refractivity contribution < 1.29 is 9.84 Å². The molecule has 0 spiro atoms. The first-order valence-electron chi connectivity index (χ1n) is 3.73. The maximum absolute atomic E-state index is 8.99. The van der Waals surface area contributed by atoms with Crippen molar-refractivity contribution in [3.8, 4) is 5.75 Å². The number of phenols is 1. The zero-order valence-electron chi connectivity index (χ0n) is 6.99. The van der Waals surface area contributed by atoms with E-state index in [1.807, 2.05) is 12.1 Å². The third kappa shape index (κ3) is 3.15. The molecule has 1 rings (SSSR count). The molecular weight excluding hydrogens is 172 g/mol. The average molecular weight is 184 g/mol. The molecule has 0 aromatic heterocycles. The SMILES string of the molecule is COCCSc1ccc(O)cc1. The molecule has 0 fully saturated rings. The lowest BCUT2D eigenvalue weighted by Crippen LogP contribution is -1.90. The lowest BCUT2D eigenvalue weighted by molar-refractivity contribution is 0.218. The van der Waals surface area contributed by atoms with Crippen LogP contribution < -0.4 is 0 Å². The highest BCUT2D eigenvalue weighted by Gasteiger charge is 1.92. The smallest absolute Gasteiger partial charge is 0.115 e. The van der Waals surface area contributed by atoms with Gasteiger partial charge in [0.2, 0.25) is 0 Å². The maximum atomic E-state index is 8.99. The maximum Gasteiger partial charge on any atom is 0.115 e. The molecule has 0 amide bonds. The van der Waals surface area contributed by atoms with E-state index in [1.165, 1.54) is 0 Å². The number of phenolic OH excluding ortho intramolecular Hbond substituents is 1. The van der Waals surface area contributed by atoms with Crippen molar-refractivity contribution in [1.29, 1.82) is 0 Å². The second-order valence-corrected chi connectivity index (χ2v) is 3.50. The zero-order valence-corrected chi connectivity index (χ0v) is 7.80. The summed E-state index contributed by atoms with van der Waals surface area (Å²) in [6, 6.07) is 7.18. The van der Waals surface area contributed by atoms with Gasteiger partial charge in [-0.1, -0.05) is 0 Å². The van der Waals surface area contributed by atoms with E-state index in [9.17, 15) is 0 Å². The van der Waals surface area contributed by atoms with Gasteiger partial charge in [-0.3, -0.25) is 0 Å². The van der Waals surface area contributed by atoms with Crippen LogP contribution in [-0.2, 0) is 4.74 Å². The summed E-state index contributed by atoms with van der Waals surface area (Å²) in [5.41, 5.74) is 0. The van der Waals surface area contributed by atoms with Gasteiger partial charge in [0.25, 0.3) is 0 Å². The molecule has 1 aromatic carbocycles. The Morgan fingerprint density at radius 3 is 2.58 bits per heavy atom. The Kier molecular flexibility index (Phi) is 3.97. The fourth-order valence-corrected chi connectivity index (χ4v) is 1.60. The minimum Gasteiger partial charge on any atom is -0.508 e. The number of thioether (sulfide) groups is 1. The van der Waals surface area contributed by atoms with Crippen molar-refractivity contribution in [2.45, 2.75) is 4.90 Å². The Balaban J connectivity index is 2.37. The molecule has 0 unspecified atom stereocenters. The number of benzene rings is 1. The van der Waals surface area contributed by atoms with Crippen LogP contribution >= 0.6 is 11.8 Å². The van der Waals surface area contributed by atoms with Gasteiger partial charge in [-0.2, -0.15) is 0 Å². The predicted molar refractivity (Wildman–Crippen MR) is 50.7 cm³/mol. The van der Waals surface area contributed by atoms with Crippen LogP contribution in [0.15, 0.2) is 29.2 Å². The van der Waals surface area contributed by atoms with Crippen LogP contribution in [0.25, 0.3) is 0 Å². The molecule has 2 nitrogen and oxygen atoms in total. The molecule has 12 heavy (non-hydrogen) atoms. The number of hydrogen-bond acceptors (Lipinski definition) is 3. The van der Waals surface area contributed by atoms with Gasteiger partial charge in [-0.05, 0) is 24.3 Å². The van der Waals surface area contributed by atoms with Gasteiger partial charge in [0.15, 0.2) is 0 Å². The molecule has 0 aliphatic rings. The first-order chi connectivity index (χ1) is 5.83. The monoisotopic (exact) mass is 184 g/mol. The highest BCUT2D eigenvalue weighted by Crippen LogP contribution is 2.19. The normalized spacial score (nSPS) is 10.1. The lowest BCUT2D eigenvalue weighted by atomic mass is 10.3. The second-order valence-electron chi connectivity index (χ2n) is 2.34. The summed E-state index contributed by atoms with van der Waals surface area (Å²) in [5.74, 6) is 1.26. The fourth-order valence-electron chi connectivity index (χ4n) is 0.785. The van der Waals surface area contributed by atoms with Gasteiger partial charge in [0.05, 0.1) is 6.61 Å². The van der Waals surface area contributed by atoms with Crippen LogP contribution in [-0.4, -0.2) is 24.6 Å². The molecule has 0 aliphatic carbocycles. The average Bonchev–Trinajstić information content (AvgIpc) is 2.09. The summed E-state index contributed by atoms with van der Waals surface area (Å²) >= 11 is 1.72. The Labute approximate surface area is 76.6 Å². The largest absolute Gasteiger partial charge is 0.508 e. The van der Waals surface area contributed by atoms with Gasteiger partial charge in [0.1, 0.15) is 5.75 Å². The summed E-state index contributed by atoms with van der Waals surface area (Å²) in [6.45, 7) is 0.755. The van der Waals surface area contributed by atoms with Crippen molar-refractivity contribution in [2.24, 2.45) is 0 Å². The molecule has 0 saturated carbocycles. The van der Waals surface area contributed by atoms with Crippen LogP contribution in [0.4, 0.5) is 0 Å². The molecule has 0 radical (unpaired) electrons. The van der Waals surface area contributed by atoms with E-state index in [2.05, 4.69) is 0 Å².